The summed E-state index contributed by atoms with van der Waals surface area (Å²) in [5.41, 5.74) is 2.51. The average molecular weight is 417 g/mol. The van der Waals surface area contributed by atoms with Crippen molar-refractivity contribution < 1.29 is 9.21 Å². The summed E-state index contributed by atoms with van der Waals surface area (Å²) < 4.78 is 7.81. The first-order valence-corrected chi connectivity index (χ1v) is 11.0. The van der Waals surface area contributed by atoms with Crippen LogP contribution in [0.2, 0.25) is 0 Å². The number of oxazole rings is 1. The van der Waals surface area contributed by atoms with Crippen LogP contribution >= 0.6 is 11.8 Å². The van der Waals surface area contributed by atoms with Gasteiger partial charge < -0.3 is 18.8 Å². The normalized spacial score (nSPS) is 14.3. The first kappa shape index (κ1) is 21.2. The molecule has 0 aliphatic carbocycles. The van der Waals surface area contributed by atoms with Crippen LogP contribution in [0.1, 0.15) is 42.7 Å². The molecule has 0 bridgehead atoms. The van der Waals surface area contributed by atoms with E-state index in [0.717, 1.165) is 30.2 Å². The molecule has 3 heterocycles. The van der Waals surface area contributed by atoms with Crippen LogP contribution < -0.4 is 4.90 Å². The number of carbonyl (C=O) groups is 1. The van der Waals surface area contributed by atoms with Crippen molar-refractivity contribution in [3.8, 4) is 6.07 Å². The fourth-order valence-corrected chi connectivity index (χ4v) is 4.41. The summed E-state index contributed by atoms with van der Waals surface area (Å²) in [6, 6.07) is 2.07. The van der Waals surface area contributed by atoms with Gasteiger partial charge >= 0.3 is 0 Å². The molecule has 0 atom stereocenters. The third-order valence-electron chi connectivity index (χ3n) is 5.22. The average Bonchev–Trinajstić information content (AvgIpc) is 3.24. The molecular formula is C20H28N6O2S. The van der Waals surface area contributed by atoms with Gasteiger partial charge in [0.1, 0.15) is 6.07 Å². The molecule has 1 fully saturated rings. The maximum absolute atomic E-state index is 12.7. The van der Waals surface area contributed by atoms with Crippen LogP contribution in [-0.2, 0) is 11.3 Å². The largest absolute Gasteiger partial charge is 0.424 e. The maximum Gasteiger partial charge on any atom is 0.234 e. The molecule has 0 saturated carbocycles. The van der Waals surface area contributed by atoms with Crippen LogP contribution in [0.15, 0.2) is 9.57 Å². The van der Waals surface area contributed by atoms with Crippen LogP contribution in [0, 0.1) is 32.1 Å². The molecule has 8 nitrogen and oxygen atoms in total. The molecule has 2 aromatic rings. The molecule has 29 heavy (non-hydrogen) atoms. The number of aromatic nitrogens is 3. The lowest BCUT2D eigenvalue weighted by atomic mass is 10.3. The lowest BCUT2D eigenvalue weighted by Crippen LogP contribution is -2.49. The zero-order chi connectivity index (χ0) is 21.0. The summed E-state index contributed by atoms with van der Waals surface area (Å²) in [6.07, 6.45) is 2.23. The van der Waals surface area contributed by atoms with Crippen LogP contribution in [-0.4, -0.2) is 57.3 Å². The van der Waals surface area contributed by atoms with Crippen LogP contribution in [0.4, 0.5) is 5.88 Å². The van der Waals surface area contributed by atoms with Crippen molar-refractivity contribution in [2.45, 2.75) is 52.2 Å². The molecule has 1 aliphatic heterocycles. The van der Waals surface area contributed by atoms with Crippen molar-refractivity contribution in [2.75, 3.05) is 36.8 Å². The van der Waals surface area contributed by atoms with Crippen molar-refractivity contribution in [1.82, 2.24) is 19.4 Å². The first-order chi connectivity index (χ1) is 13.9. The number of hydrogen-bond donors (Lipinski definition) is 0. The van der Waals surface area contributed by atoms with Crippen molar-refractivity contribution in [1.29, 1.82) is 5.26 Å². The Labute approximate surface area is 175 Å². The molecule has 156 valence electrons. The van der Waals surface area contributed by atoms with Crippen molar-refractivity contribution in [2.24, 2.45) is 0 Å². The number of thioether (sulfide) groups is 1. The molecule has 1 aliphatic rings. The van der Waals surface area contributed by atoms with Crippen molar-refractivity contribution >= 4 is 23.6 Å². The molecule has 9 heteroatoms. The molecule has 1 amide bonds. The van der Waals surface area contributed by atoms with E-state index in [-0.39, 0.29) is 5.91 Å². The van der Waals surface area contributed by atoms with E-state index < -0.39 is 0 Å². The summed E-state index contributed by atoms with van der Waals surface area (Å²) in [5, 5.41) is 10.1. The number of piperazine rings is 1. The second kappa shape index (κ2) is 9.35. The lowest BCUT2D eigenvalue weighted by molar-refractivity contribution is -0.128. The number of unbranched alkanes of at least 4 members (excludes halogenated alkanes) is 1. The Morgan fingerprint density at radius 1 is 1.21 bits per heavy atom. The number of nitriles is 1. The molecule has 1 saturated heterocycles. The van der Waals surface area contributed by atoms with Gasteiger partial charge in [-0.1, -0.05) is 25.1 Å². The molecule has 3 rings (SSSR count). The fraction of sp³-hybridized carbons (Fsp3) is 0.600. The zero-order valence-corrected chi connectivity index (χ0v) is 18.4. The van der Waals surface area contributed by atoms with Gasteiger partial charge in [-0.05, 0) is 20.3 Å². The Morgan fingerprint density at radius 2 is 1.93 bits per heavy atom. The second-order valence-electron chi connectivity index (χ2n) is 7.23. The quantitative estimate of drug-likeness (QED) is 0.641. The van der Waals surface area contributed by atoms with Gasteiger partial charge in [0.25, 0.3) is 0 Å². The van der Waals surface area contributed by atoms with E-state index in [1.165, 1.54) is 17.5 Å². The number of aryl methyl sites for hydroxylation is 2. The third kappa shape index (κ3) is 4.75. The number of hydrogen-bond acceptors (Lipinski definition) is 7. The van der Waals surface area contributed by atoms with E-state index in [0.29, 0.717) is 49.4 Å². The first-order valence-electron chi connectivity index (χ1n) is 10.0. The minimum atomic E-state index is 0.115. The van der Waals surface area contributed by atoms with Gasteiger partial charge in [0, 0.05) is 45.3 Å². The molecule has 0 unspecified atom stereocenters. The predicted molar refractivity (Wildman–Crippen MR) is 112 cm³/mol. The van der Waals surface area contributed by atoms with Crippen LogP contribution in [0.3, 0.4) is 0 Å². The van der Waals surface area contributed by atoms with Gasteiger partial charge in [-0.25, -0.2) is 9.97 Å². The Balaban J connectivity index is 1.55. The van der Waals surface area contributed by atoms with Gasteiger partial charge in [0.05, 0.1) is 11.4 Å². The summed E-state index contributed by atoms with van der Waals surface area (Å²) in [7, 11) is 0. The van der Waals surface area contributed by atoms with Crippen LogP contribution in [0.25, 0.3) is 0 Å². The van der Waals surface area contributed by atoms with E-state index in [9.17, 15) is 10.1 Å². The fourth-order valence-electron chi connectivity index (χ4n) is 3.39. The number of rotatable bonds is 7. The topological polar surface area (TPSA) is 91.2 Å². The summed E-state index contributed by atoms with van der Waals surface area (Å²) in [5.74, 6) is 1.49. The van der Waals surface area contributed by atoms with Gasteiger partial charge in [0.15, 0.2) is 11.0 Å². The predicted octanol–water partition coefficient (Wildman–Crippen LogP) is 2.91. The Kier molecular flexibility index (Phi) is 6.85. The molecule has 0 aromatic carbocycles. The van der Waals surface area contributed by atoms with E-state index in [4.69, 9.17) is 4.42 Å². The smallest absolute Gasteiger partial charge is 0.234 e. The number of anilines is 1. The van der Waals surface area contributed by atoms with Gasteiger partial charge in [-0.15, -0.1) is 0 Å². The van der Waals surface area contributed by atoms with E-state index >= 15 is 0 Å². The standard InChI is InChI=1S/C20H28N6O2S/c1-5-6-7-26-15(3)14(2)22-20(26)29-13-18(27)24-8-10-25(11-9-24)19-17(12-21)23-16(4)28-19/h5-11,13H2,1-4H3. The lowest BCUT2D eigenvalue weighted by Gasteiger charge is -2.34. The molecule has 2 aromatic heterocycles. The number of carbonyl (C=O) groups excluding carboxylic acids is 1. The second-order valence-corrected chi connectivity index (χ2v) is 8.17. The number of amides is 1. The summed E-state index contributed by atoms with van der Waals surface area (Å²) in [4.78, 5) is 25.3. The minimum Gasteiger partial charge on any atom is -0.424 e. The number of nitrogens with zero attached hydrogens (tertiary/aromatic N) is 6. The number of imidazole rings is 1. The SMILES string of the molecule is CCCCn1c(SCC(=O)N2CCN(c3oc(C)nc3C#N)CC2)nc(C)c1C. The highest BCUT2D eigenvalue weighted by molar-refractivity contribution is 7.99. The Bertz CT molecular complexity index is 905. The van der Waals surface area contributed by atoms with Crippen molar-refractivity contribution in [3.63, 3.8) is 0 Å². The summed E-state index contributed by atoms with van der Waals surface area (Å²) >= 11 is 1.52. The third-order valence-corrected chi connectivity index (χ3v) is 6.19. The van der Waals surface area contributed by atoms with Crippen molar-refractivity contribution in [3.05, 3.63) is 23.0 Å². The van der Waals surface area contributed by atoms with E-state index in [2.05, 4.69) is 34.5 Å². The van der Waals surface area contributed by atoms with Gasteiger partial charge in [-0.3, -0.25) is 4.79 Å². The van der Waals surface area contributed by atoms with Gasteiger partial charge in [0.2, 0.25) is 17.5 Å². The Hall–Kier alpha value is -2.47. The zero-order valence-electron chi connectivity index (χ0n) is 17.6. The maximum atomic E-state index is 12.7. The molecular weight excluding hydrogens is 388 g/mol. The molecule has 0 spiro atoms. The highest BCUT2D eigenvalue weighted by Crippen LogP contribution is 2.24. The van der Waals surface area contributed by atoms with Crippen LogP contribution in [0.5, 0.6) is 0 Å². The van der Waals surface area contributed by atoms with Gasteiger partial charge in [-0.2, -0.15) is 5.26 Å². The van der Waals surface area contributed by atoms with E-state index in [1.54, 1.807) is 6.92 Å². The Morgan fingerprint density at radius 3 is 2.59 bits per heavy atom. The summed E-state index contributed by atoms with van der Waals surface area (Å²) in [6.45, 7) is 11.4. The van der Waals surface area contributed by atoms with E-state index in [1.807, 2.05) is 16.7 Å². The highest BCUT2D eigenvalue weighted by Gasteiger charge is 2.26. The molecule has 0 radical (unpaired) electrons. The monoisotopic (exact) mass is 416 g/mol. The highest BCUT2D eigenvalue weighted by atomic mass is 32.2. The molecule has 0 N–H and O–H groups in total. The minimum absolute atomic E-state index is 0.115.